The van der Waals surface area contributed by atoms with Crippen LogP contribution in [0.3, 0.4) is 0 Å². The molecular formula is C10H16O3. The standard InChI is InChI=1S/C10H16O3/c1-8(2,12)10-4-6(10)9(3,13)5-7(10)11/h6,12-13H,4-5H2,1-3H3/t6-,9+,10+/m0/s1. The summed E-state index contributed by atoms with van der Waals surface area (Å²) in [5.41, 5.74) is -2.52. The van der Waals surface area contributed by atoms with Gasteiger partial charge in [-0.3, -0.25) is 4.79 Å². The van der Waals surface area contributed by atoms with E-state index in [4.69, 9.17) is 0 Å². The summed E-state index contributed by atoms with van der Waals surface area (Å²) in [6, 6.07) is 0. The van der Waals surface area contributed by atoms with Gasteiger partial charge in [-0.2, -0.15) is 0 Å². The number of Topliss-reactive ketones (excluding diaryl/α,β-unsaturated/α-hetero) is 1. The van der Waals surface area contributed by atoms with Crippen LogP contribution in [0, 0.1) is 11.3 Å². The molecule has 0 aliphatic heterocycles. The van der Waals surface area contributed by atoms with E-state index in [2.05, 4.69) is 0 Å². The molecule has 2 saturated carbocycles. The minimum atomic E-state index is -0.991. The minimum Gasteiger partial charge on any atom is -0.389 e. The van der Waals surface area contributed by atoms with Crippen molar-refractivity contribution in [3.8, 4) is 0 Å². The molecule has 0 bridgehead atoms. The van der Waals surface area contributed by atoms with Gasteiger partial charge in [0.05, 0.1) is 16.6 Å². The van der Waals surface area contributed by atoms with E-state index < -0.39 is 16.6 Å². The van der Waals surface area contributed by atoms with Crippen LogP contribution in [0.1, 0.15) is 33.6 Å². The second kappa shape index (κ2) is 1.98. The Hall–Kier alpha value is -0.410. The van der Waals surface area contributed by atoms with Gasteiger partial charge < -0.3 is 10.2 Å². The predicted molar refractivity (Wildman–Crippen MR) is 47.1 cm³/mol. The molecule has 0 amide bonds. The highest BCUT2D eigenvalue weighted by atomic mass is 16.3. The summed E-state index contributed by atoms with van der Waals surface area (Å²) in [6.07, 6.45) is 0.837. The molecule has 0 aromatic carbocycles. The normalized spacial score (nSPS) is 49.3. The van der Waals surface area contributed by atoms with Gasteiger partial charge in [0.15, 0.2) is 0 Å². The highest BCUT2D eigenvalue weighted by Crippen LogP contribution is 2.69. The average molecular weight is 184 g/mol. The summed E-state index contributed by atoms with van der Waals surface area (Å²) in [6.45, 7) is 5.01. The van der Waals surface area contributed by atoms with Crippen molar-refractivity contribution < 1.29 is 15.0 Å². The molecule has 74 valence electrons. The smallest absolute Gasteiger partial charge is 0.145 e. The predicted octanol–water partition coefficient (Wildman–Crippen LogP) is 0.487. The van der Waals surface area contributed by atoms with Crippen molar-refractivity contribution in [2.45, 2.75) is 44.8 Å². The zero-order valence-corrected chi connectivity index (χ0v) is 8.29. The average Bonchev–Trinajstić information content (AvgIpc) is 2.52. The van der Waals surface area contributed by atoms with Gasteiger partial charge in [-0.15, -0.1) is 0 Å². The Balaban J connectivity index is 2.37. The van der Waals surface area contributed by atoms with E-state index in [0.717, 1.165) is 0 Å². The minimum absolute atomic E-state index is 0.0231. The lowest BCUT2D eigenvalue weighted by molar-refractivity contribution is -0.131. The lowest BCUT2D eigenvalue weighted by atomic mass is 9.84. The van der Waals surface area contributed by atoms with E-state index in [-0.39, 0.29) is 18.1 Å². The Morgan fingerprint density at radius 3 is 2.23 bits per heavy atom. The first kappa shape index (κ1) is 9.16. The molecule has 3 nitrogen and oxygen atoms in total. The first-order valence-electron chi connectivity index (χ1n) is 4.70. The molecule has 0 radical (unpaired) electrons. The van der Waals surface area contributed by atoms with Crippen LogP contribution < -0.4 is 0 Å². The van der Waals surface area contributed by atoms with Crippen molar-refractivity contribution in [2.24, 2.45) is 11.3 Å². The van der Waals surface area contributed by atoms with Crippen molar-refractivity contribution in [2.75, 3.05) is 0 Å². The van der Waals surface area contributed by atoms with Gasteiger partial charge in [0.2, 0.25) is 0 Å². The summed E-state index contributed by atoms with van der Waals surface area (Å²) in [4.78, 5) is 11.7. The first-order valence-corrected chi connectivity index (χ1v) is 4.70. The molecule has 3 heteroatoms. The van der Waals surface area contributed by atoms with Gasteiger partial charge in [-0.05, 0) is 27.2 Å². The Labute approximate surface area is 77.8 Å². The van der Waals surface area contributed by atoms with Crippen LogP contribution >= 0.6 is 0 Å². The number of aliphatic hydroxyl groups is 2. The van der Waals surface area contributed by atoms with Gasteiger partial charge in [0, 0.05) is 12.3 Å². The number of hydrogen-bond donors (Lipinski definition) is 2. The fraction of sp³-hybridized carbons (Fsp3) is 0.900. The molecule has 0 aromatic rings. The quantitative estimate of drug-likeness (QED) is 0.623. The topological polar surface area (TPSA) is 57.5 Å². The van der Waals surface area contributed by atoms with Gasteiger partial charge in [0.1, 0.15) is 5.78 Å². The van der Waals surface area contributed by atoms with Gasteiger partial charge in [-0.1, -0.05) is 0 Å². The van der Waals surface area contributed by atoms with Crippen molar-refractivity contribution in [1.29, 1.82) is 0 Å². The van der Waals surface area contributed by atoms with Crippen LogP contribution in [0.4, 0.5) is 0 Å². The van der Waals surface area contributed by atoms with Gasteiger partial charge >= 0.3 is 0 Å². The van der Waals surface area contributed by atoms with E-state index in [1.54, 1.807) is 20.8 Å². The fourth-order valence-electron chi connectivity index (χ4n) is 2.95. The maximum absolute atomic E-state index is 11.7. The third-order valence-corrected chi connectivity index (χ3v) is 3.82. The van der Waals surface area contributed by atoms with Crippen molar-refractivity contribution in [1.82, 2.24) is 0 Å². The molecule has 0 saturated heterocycles. The third-order valence-electron chi connectivity index (χ3n) is 3.82. The molecular weight excluding hydrogens is 168 g/mol. The molecule has 0 aromatic heterocycles. The summed E-state index contributed by atoms with van der Waals surface area (Å²) in [7, 11) is 0. The molecule has 13 heavy (non-hydrogen) atoms. The van der Waals surface area contributed by atoms with Gasteiger partial charge in [0.25, 0.3) is 0 Å². The summed E-state index contributed by atoms with van der Waals surface area (Å²) in [5, 5.41) is 19.8. The number of carbonyl (C=O) groups is 1. The number of carbonyl (C=O) groups excluding carboxylic acids is 1. The van der Waals surface area contributed by atoms with Crippen molar-refractivity contribution >= 4 is 5.78 Å². The fourth-order valence-corrected chi connectivity index (χ4v) is 2.95. The number of rotatable bonds is 1. The monoisotopic (exact) mass is 184 g/mol. The molecule has 2 aliphatic rings. The number of ketones is 1. The summed E-state index contributed by atoms with van der Waals surface area (Å²) in [5.74, 6) is -0.0116. The van der Waals surface area contributed by atoms with Gasteiger partial charge in [-0.25, -0.2) is 0 Å². The van der Waals surface area contributed by atoms with Crippen LogP contribution in [-0.2, 0) is 4.79 Å². The molecule has 3 atom stereocenters. The lowest BCUT2D eigenvalue weighted by Gasteiger charge is -2.26. The lowest BCUT2D eigenvalue weighted by Crippen LogP contribution is -2.37. The highest BCUT2D eigenvalue weighted by molar-refractivity contribution is 5.93. The number of fused-ring (bicyclic) bond motifs is 1. The molecule has 0 heterocycles. The van der Waals surface area contributed by atoms with Crippen molar-refractivity contribution in [3.63, 3.8) is 0 Å². The maximum Gasteiger partial charge on any atom is 0.145 e. The van der Waals surface area contributed by atoms with Crippen LogP contribution in [0.5, 0.6) is 0 Å². The Morgan fingerprint density at radius 2 is 2.08 bits per heavy atom. The van der Waals surface area contributed by atoms with Crippen molar-refractivity contribution in [3.05, 3.63) is 0 Å². The van der Waals surface area contributed by atoms with Crippen LogP contribution in [0.25, 0.3) is 0 Å². The molecule has 2 rings (SSSR count). The summed E-state index contributed by atoms with van der Waals surface area (Å²) >= 11 is 0. The Bertz CT molecular complexity index is 274. The molecule has 2 N–H and O–H groups in total. The van der Waals surface area contributed by atoms with E-state index in [9.17, 15) is 15.0 Å². The molecule has 2 aliphatic carbocycles. The second-order valence-electron chi connectivity index (χ2n) is 5.24. The molecule has 0 spiro atoms. The van der Waals surface area contributed by atoms with E-state index >= 15 is 0 Å². The highest BCUT2D eigenvalue weighted by Gasteiger charge is 2.76. The van der Waals surface area contributed by atoms with E-state index in [0.29, 0.717) is 6.42 Å². The zero-order chi connectivity index (χ0) is 10.1. The Kier molecular flexibility index (Phi) is 1.40. The van der Waals surface area contributed by atoms with Crippen LogP contribution in [-0.4, -0.2) is 27.2 Å². The SMILES string of the molecule is CC(C)(O)[C@]12C[C@H]1[C@](C)(O)CC2=O. The van der Waals surface area contributed by atoms with E-state index in [1.165, 1.54) is 0 Å². The molecule has 0 unspecified atom stereocenters. The maximum atomic E-state index is 11.7. The summed E-state index contributed by atoms with van der Waals surface area (Å²) < 4.78 is 0. The zero-order valence-electron chi connectivity index (χ0n) is 8.29. The van der Waals surface area contributed by atoms with Crippen LogP contribution in [0.15, 0.2) is 0 Å². The largest absolute Gasteiger partial charge is 0.389 e. The second-order valence-corrected chi connectivity index (χ2v) is 5.24. The van der Waals surface area contributed by atoms with Crippen LogP contribution in [0.2, 0.25) is 0 Å². The molecule has 2 fully saturated rings. The third kappa shape index (κ3) is 0.891. The van der Waals surface area contributed by atoms with E-state index in [1.807, 2.05) is 0 Å². The number of hydrogen-bond acceptors (Lipinski definition) is 3. The Morgan fingerprint density at radius 1 is 1.54 bits per heavy atom. The first-order chi connectivity index (χ1) is 5.72.